The van der Waals surface area contributed by atoms with Crippen molar-refractivity contribution in [2.24, 2.45) is 0 Å². The molecule has 0 bridgehead atoms. The quantitative estimate of drug-likeness (QED) is 0.252. The Morgan fingerprint density at radius 2 is 1.97 bits per heavy atom. The molecule has 2 aromatic heterocycles. The van der Waals surface area contributed by atoms with Gasteiger partial charge in [0, 0.05) is 16.8 Å². The van der Waals surface area contributed by atoms with Gasteiger partial charge in [-0.15, -0.1) is 0 Å². The summed E-state index contributed by atoms with van der Waals surface area (Å²) in [5, 5.41) is 16.3. The minimum atomic E-state index is -4.70. The number of hydrogen-bond acceptors (Lipinski definition) is 6. The average molecular weight is 541 g/mol. The molecule has 0 radical (unpaired) electrons. The van der Waals surface area contributed by atoms with Gasteiger partial charge in [0.25, 0.3) is 5.91 Å². The maximum absolute atomic E-state index is 13.2. The van der Waals surface area contributed by atoms with Gasteiger partial charge in [-0.2, -0.15) is 18.3 Å². The number of aliphatic hydroxyl groups excluding tert-OH is 1. The molecule has 2 aromatic carbocycles. The molecule has 0 saturated carbocycles. The van der Waals surface area contributed by atoms with Crippen molar-refractivity contribution in [2.75, 3.05) is 17.7 Å². The predicted molar refractivity (Wildman–Crippen MR) is 138 cm³/mol. The Morgan fingerprint density at radius 3 is 2.68 bits per heavy atom. The number of alkyl halides is 3. The molecule has 4 N–H and O–H groups in total. The molecule has 4 rings (SSSR count). The molecule has 2 heterocycles. The number of rotatable bonds is 5. The summed E-state index contributed by atoms with van der Waals surface area (Å²) in [4.78, 5) is 20.9. The van der Waals surface area contributed by atoms with E-state index < -0.39 is 22.7 Å². The number of aromatic nitrogens is 4. The zero-order valence-corrected chi connectivity index (χ0v) is 20.7. The van der Waals surface area contributed by atoms with Crippen LogP contribution in [0.25, 0.3) is 11.0 Å². The molecular weight excluding hydrogens is 521 g/mol. The van der Waals surface area contributed by atoms with Gasteiger partial charge >= 0.3 is 6.18 Å². The number of nitrogens with zero attached hydrogens (tertiary/aromatic N) is 4. The summed E-state index contributed by atoms with van der Waals surface area (Å²) in [5.41, 5.74) is 7.62. The lowest BCUT2D eigenvalue weighted by Gasteiger charge is -2.11. The average Bonchev–Trinajstić information content (AvgIpc) is 3.22. The van der Waals surface area contributed by atoms with Gasteiger partial charge < -0.3 is 16.2 Å². The third kappa shape index (κ3) is 5.61. The zero-order chi connectivity index (χ0) is 27.6. The number of aryl methyl sites for hydroxylation is 1. The number of nitrogens with two attached hydrogens (primary N) is 1. The van der Waals surface area contributed by atoms with Crippen LogP contribution < -0.4 is 11.1 Å². The monoisotopic (exact) mass is 540 g/mol. The van der Waals surface area contributed by atoms with Crippen LogP contribution in [0, 0.1) is 18.8 Å². The standard InChI is InChI=1S/C26H20ClF3N6O2/c1-14(12-37)11-36-24-22(23(31)32-13-33-24)21(35-36)8-5-16-9-18(6-3-15(16)2)34-25(38)17-4-7-20(27)19(10-17)26(28,29)30/h3-4,6-7,9-10,13,37H,1,11-12H2,2H3,(H,34,38)(H2,31,32,33). The molecule has 0 atom stereocenters. The van der Waals surface area contributed by atoms with Crippen LogP contribution in [0.4, 0.5) is 24.7 Å². The molecule has 0 spiro atoms. The predicted octanol–water partition coefficient (Wildman–Crippen LogP) is 4.59. The van der Waals surface area contributed by atoms with Crippen molar-refractivity contribution in [1.29, 1.82) is 0 Å². The van der Waals surface area contributed by atoms with E-state index in [2.05, 4.69) is 38.8 Å². The van der Waals surface area contributed by atoms with Gasteiger partial charge in [-0.3, -0.25) is 4.79 Å². The molecule has 12 heteroatoms. The fourth-order valence-corrected chi connectivity index (χ4v) is 3.76. The normalized spacial score (nSPS) is 11.2. The first-order chi connectivity index (χ1) is 18.0. The SMILES string of the molecule is C=C(CO)Cn1nc(C#Cc2cc(NC(=O)c3ccc(Cl)c(C(F)(F)F)c3)ccc2C)c2c(N)ncnc21. The summed E-state index contributed by atoms with van der Waals surface area (Å²) in [5.74, 6) is 5.38. The van der Waals surface area contributed by atoms with Crippen molar-refractivity contribution < 1.29 is 23.1 Å². The van der Waals surface area contributed by atoms with Gasteiger partial charge in [-0.25, -0.2) is 14.6 Å². The summed E-state index contributed by atoms with van der Waals surface area (Å²) in [6, 6.07) is 7.85. The summed E-state index contributed by atoms with van der Waals surface area (Å²) >= 11 is 5.64. The smallest absolute Gasteiger partial charge is 0.392 e. The number of carbonyl (C=O) groups is 1. The highest BCUT2D eigenvalue weighted by molar-refractivity contribution is 6.31. The van der Waals surface area contributed by atoms with Crippen LogP contribution >= 0.6 is 11.6 Å². The lowest BCUT2D eigenvalue weighted by molar-refractivity contribution is -0.137. The minimum Gasteiger partial charge on any atom is -0.392 e. The maximum Gasteiger partial charge on any atom is 0.417 e. The lowest BCUT2D eigenvalue weighted by Crippen LogP contribution is -2.14. The van der Waals surface area contributed by atoms with Gasteiger partial charge in [0.1, 0.15) is 17.8 Å². The molecule has 0 unspecified atom stereocenters. The van der Waals surface area contributed by atoms with E-state index in [1.165, 1.54) is 17.1 Å². The molecule has 0 aliphatic heterocycles. The number of hydrogen-bond donors (Lipinski definition) is 3. The zero-order valence-electron chi connectivity index (χ0n) is 19.9. The fraction of sp³-hybridized carbons (Fsp3) is 0.154. The number of halogens is 4. The Kier molecular flexibility index (Phi) is 7.39. The first-order valence-electron chi connectivity index (χ1n) is 11.0. The first-order valence-corrected chi connectivity index (χ1v) is 11.4. The highest BCUT2D eigenvalue weighted by Crippen LogP contribution is 2.35. The molecule has 38 heavy (non-hydrogen) atoms. The molecule has 8 nitrogen and oxygen atoms in total. The number of nitrogen functional groups attached to an aromatic ring is 1. The van der Waals surface area contributed by atoms with Crippen LogP contribution in [0.2, 0.25) is 5.02 Å². The van der Waals surface area contributed by atoms with Crippen molar-refractivity contribution >= 4 is 40.0 Å². The van der Waals surface area contributed by atoms with Gasteiger partial charge in [-0.05, 0) is 54.3 Å². The van der Waals surface area contributed by atoms with Crippen LogP contribution in [0.15, 0.2) is 54.9 Å². The third-order valence-corrected chi connectivity index (χ3v) is 5.83. The summed E-state index contributed by atoms with van der Waals surface area (Å²) in [7, 11) is 0. The number of anilines is 2. The molecule has 0 aliphatic rings. The summed E-state index contributed by atoms with van der Waals surface area (Å²) < 4.78 is 41.0. The molecular formula is C26H20ClF3N6O2. The number of nitrogens with one attached hydrogen (secondary N) is 1. The van der Waals surface area contributed by atoms with Crippen molar-refractivity contribution in [1.82, 2.24) is 19.7 Å². The Balaban J connectivity index is 1.65. The van der Waals surface area contributed by atoms with E-state index >= 15 is 0 Å². The van der Waals surface area contributed by atoms with Crippen molar-refractivity contribution in [2.45, 2.75) is 19.6 Å². The maximum atomic E-state index is 13.2. The molecule has 1 amide bonds. The topological polar surface area (TPSA) is 119 Å². The second-order valence-electron chi connectivity index (χ2n) is 8.30. The molecule has 0 aliphatic carbocycles. The van der Waals surface area contributed by atoms with E-state index in [0.717, 1.165) is 11.6 Å². The molecule has 0 fully saturated rings. The van der Waals surface area contributed by atoms with Gasteiger partial charge in [-0.1, -0.05) is 30.2 Å². The van der Waals surface area contributed by atoms with Crippen LogP contribution in [0.5, 0.6) is 0 Å². The largest absolute Gasteiger partial charge is 0.417 e. The van der Waals surface area contributed by atoms with E-state index in [1.54, 1.807) is 18.2 Å². The number of amides is 1. The Morgan fingerprint density at radius 1 is 1.21 bits per heavy atom. The molecule has 0 saturated heterocycles. The number of benzene rings is 2. The summed E-state index contributed by atoms with van der Waals surface area (Å²) in [6.07, 6.45) is -3.40. The minimum absolute atomic E-state index is 0.180. The van der Waals surface area contributed by atoms with Crippen LogP contribution in [0.1, 0.15) is 32.7 Å². The second kappa shape index (κ2) is 10.5. The fourth-order valence-electron chi connectivity index (χ4n) is 3.54. The van der Waals surface area contributed by atoms with E-state index in [-0.39, 0.29) is 24.5 Å². The Bertz CT molecular complexity index is 1640. The van der Waals surface area contributed by atoms with Crippen LogP contribution in [-0.2, 0) is 12.7 Å². The van der Waals surface area contributed by atoms with E-state index in [1.807, 2.05) is 6.92 Å². The van der Waals surface area contributed by atoms with E-state index in [0.29, 0.717) is 39.6 Å². The highest BCUT2D eigenvalue weighted by Gasteiger charge is 2.33. The first kappa shape index (κ1) is 26.7. The van der Waals surface area contributed by atoms with E-state index in [4.69, 9.17) is 17.3 Å². The third-order valence-electron chi connectivity index (χ3n) is 5.50. The van der Waals surface area contributed by atoms with Crippen molar-refractivity contribution in [3.05, 3.63) is 87.8 Å². The summed E-state index contributed by atoms with van der Waals surface area (Å²) in [6.45, 7) is 5.55. The van der Waals surface area contributed by atoms with Crippen LogP contribution in [0.3, 0.4) is 0 Å². The number of carbonyl (C=O) groups excluding carboxylic acids is 1. The molecule has 194 valence electrons. The van der Waals surface area contributed by atoms with Gasteiger partial charge in [0.05, 0.1) is 29.1 Å². The molecule has 4 aromatic rings. The number of fused-ring (bicyclic) bond motifs is 1. The van der Waals surface area contributed by atoms with Crippen molar-refractivity contribution in [3.63, 3.8) is 0 Å². The van der Waals surface area contributed by atoms with Gasteiger partial charge in [0.15, 0.2) is 5.65 Å². The second-order valence-corrected chi connectivity index (χ2v) is 8.71. The van der Waals surface area contributed by atoms with Gasteiger partial charge in [0.2, 0.25) is 0 Å². The highest BCUT2D eigenvalue weighted by atomic mass is 35.5. The van der Waals surface area contributed by atoms with Crippen molar-refractivity contribution in [3.8, 4) is 11.8 Å². The lowest BCUT2D eigenvalue weighted by atomic mass is 10.1. The number of aliphatic hydroxyl groups is 1. The Hall–Kier alpha value is -4.40. The van der Waals surface area contributed by atoms with Crippen LogP contribution in [-0.4, -0.2) is 37.4 Å². The van der Waals surface area contributed by atoms with E-state index in [9.17, 15) is 23.1 Å². The Labute approximate surface area is 220 Å².